The first kappa shape index (κ1) is 22.9. The molecule has 31 heavy (non-hydrogen) atoms. The Bertz CT molecular complexity index is 882. The van der Waals surface area contributed by atoms with Gasteiger partial charge in [0.15, 0.2) is 17.5 Å². The van der Waals surface area contributed by atoms with Crippen LogP contribution in [0.2, 0.25) is 0 Å². The fraction of sp³-hybridized carbons (Fsp3) is 0.458. The van der Waals surface area contributed by atoms with Crippen molar-refractivity contribution in [3.8, 4) is 11.5 Å². The Morgan fingerprint density at radius 3 is 2.55 bits per heavy atom. The third kappa shape index (κ3) is 6.34. The van der Waals surface area contributed by atoms with E-state index in [2.05, 4.69) is 15.6 Å². The molecular weight excluding hydrogens is 397 g/mol. The summed E-state index contributed by atoms with van der Waals surface area (Å²) in [6.45, 7) is 1.30. The number of guanidine groups is 1. The van der Waals surface area contributed by atoms with Gasteiger partial charge in [0, 0.05) is 38.4 Å². The monoisotopic (exact) mass is 429 g/mol. The van der Waals surface area contributed by atoms with Gasteiger partial charge in [-0.2, -0.15) is 0 Å². The van der Waals surface area contributed by atoms with E-state index in [0.717, 1.165) is 35.5 Å². The number of ether oxygens (including phenoxy) is 3. The van der Waals surface area contributed by atoms with Crippen LogP contribution < -0.4 is 20.1 Å². The summed E-state index contributed by atoms with van der Waals surface area (Å²) >= 11 is 0. The largest absolute Gasteiger partial charge is 0.493 e. The van der Waals surface area contributed by atoms with Gasteiger partial charge < -0.3 is 24.8 Å². The number of rotatable bonds is 9. The molecule has 2 N–H and O–H groups in total. The van der Waals surface area contributed by atoms with Gasteiger partial charge in [-0.25, -0.2) is 4.39 Å². The van der Waals surface area contributed by atoms with E-state index >= 15 is 0 Å². The van der Waals surface area contributed by atoms with Crippen LogP contribution in [0.25, 0.3) is 0 Å². The molecule has 1 aliphatic rings. The number of hydrogen-bond donors (Lipinski definition) is 2. The first-order chi connectivity index (χ1) is 15.1. The van der Waals surface area contributed by atoms with E-state index in [1.54, 1.807) is 33.4 Å². The van der Waals surface area contributed by atoms with Crippen molar-refractivity contribution in [3.05, 3.63) is 58.9 Å². The number of para-hydroxylation sites is 1. The Morgan fingerprint density at radius 2 is 1.84 bits per heavy atom. The zero-order valence-electron chi connectivity index (χ0n) is 18.5. The molecular formula is C24H32FN3O3. The minimum Gasteiger partial charge on any atom is -0.493 e. The predicted octanol–water partition coefficient (Wildman–Crippen LogP) is 4.17. The Labute approximate surface area is 183 Å². The van der Waals surface area contributed by atoms with Crippen molar-refractivity contribution < 1.29 is 18.6 Å². The van der Waals surface area contributed by atoms with Crippen LogP contribution in [-0.4, -0.2) is 33.3 Å². The highest BCUT2D eigenvalue weighted by molar-refractivity contribution is 5.79. The van der Waals surface area contributed by atoms with Crippen molar-refractivity contribution in [2.75, 3.05) is 21.3 Å². The number of hydrogen-bond acceptors (Lipinski definition) is 4. The lowest BCUT2D eigenvalue weighted by molar-refractivity contribution is 0.181. The summed E-state index contributed by atoms with van der Waals surface area (Å²) in [5.41, 5.74) is 2.50. The second-order valence-electron chi connectivity index (χ2n) is 7.61. The third-order valence-electron chi connectivity index (χ3n) is 5.41. The summed E-state index contributed by atoms with van der Waals surface area (Å²) in [5.74, 6) is 1.92. The fourth-order valence-electron chi connectivity index (χ4n) is 3.76. The predicted molar refractivity (Wildman–Crippen MR) is 120 cm³/mol. The average molecular weight is 430 g/mol. The minimum atomic E-state index is -0.263. The van der Waals surface area contributed by atoms with Crippen molar-refractivity contribution in [3.63, 3.8) is 0 Å². The summed E-state index contributed by atoms with van der Waals surface area (Å²) in [5, 5.41) is 6.60. The number of nitrogens with one attached hydrogen (secondary N) is 2. The van der Waals surface area contributed by atoms with E-state index in [1.165, 1.54) is 18.9 Å². The molecule has 0 heterocycles. The summed E-state index contributed by atoms with van der Waals surface area (Å²) < 4.78 is 30.7. The molecule has 168 valence electrons. The molecule has 0 radical (unpaired) electrons. The highest BCUT2D eigenvalue weighted by Gasteiger charge is 2.20. The van der Waals surface area contributed by atoms with Gasteiger partial charge in [-0.3, -0.25) is 4.99 Å². The number of aliphatic imine (C=N–C) groups is 1. The zero-order chi connectivity index (χ0) is 22.1. The van der Waals surface area contributed by atoms with E-state index in [0.29, 0.717) is 24.6 Å². The summed E-state index contributed by atoms with van der Waals surface area (Å²) in [6, 6.07) is 10.9. The maximum atomic E-state index is 13.8. The summed E-state index contributed by atoms with van der Waals surface area (Å²) in [6.07, 6.45) is 4.82. The Kier molecular flexibility index (Phi) is 8.53. The van der Waals surface area contributed by atoms with E-state index in [9.17, 15) is 4.39 Å². The standard InChI is InChI=1S/C24H32FN3O3/c1-26-24(27-14-17-11-12-21(25)19(13-17)16-29-2)28-15-18-7-6-10-22(30-3)23(18)31-20-8-4-5-9-20/h6-7,10-13,20H,4-5,8-9,14-16H2,1-3H3,(H2,26,27,28). The van der Waals surface area contributed by atoms with E-state index in [-0.39, 0.29) is 18.5 Å². The van der Waals surface area contributed by atoms with Crippen LogP contribution in [0, 0.1) is 5.82 Å². The molecule has 1 saturated carbocycles. The smallest absolute Gasteiger partial charge is 0.191 e. The van der Waals surface area contributed by atoms with Crippen LogP contribution >= 0.6 is 0 Å². The van der Waals surface area contributed by atoms with Gasteiger partial charge in [-0.1, -0.05) is 18.2 Å². The Morgan fingerprint density at radius 1 is 1.06 bits per heavy atom. The molecule has 0 atom stereocenters. The number of nitrogens with zero attached hydrogens (tertiary/aromatic N) is 1. The Hall–Kier alpha value is -2.80. The van der Waals surface area contributed by atoms with Crippen LogP contribution in [0.5, 0.6) is 11.5 Å². The lowest BCUT2D eigenvalue weighted by Crippen LogP contribution is -2.36. The van der Waals surface area contributed by atoms with Crippen LogP contribution in [-0.2, 0) is 24.4 Å². The fourth-order valence-corrected chi connectivity index (χ4v) is 3.76. The molecule has 2 aromatic rings. The van der Waals surface area contributed by atoms with E-state index in [1.807, 2.05) is 18.2 Å². The first-order valence-electron chi connectivity index (χ1n) is 10.7. The Balaban J connectivity index is 1.62. The molecule has 0 aromatic heterocycles. The van der Waals surface area contributed by atoms with Gasteiger partial charge >= 0.3 is 0 Å². The minimum absolute atomic E-state index is 0.242. The molecule has 0 bridgehead atoms. The lowest BCUT2D eigenvalue weighted by atomic mass is 10.1. The normalized spacial score (nSPS) is 14.5. The van der Waals surface area contributed by atoms with Gasteiger partial charge in [-0.05, 0) is 49.4 Å². The zero-order valence-corrected chi connectivity index (χ0v) is 18.5. The molecule has 0 unspecified atom stereocenters. The van der Waals surface area contributed by atoms with Crippen LogP contribution in [0.15, 0.2) is 41.4 Å². The van der Waals surface area contributed by atoms with Crippen molar-refractivity contribution in [2.24, 2.45) is 4.99 Å². The van der Waals surface area contributed by atoms with Crippen LogP contribution in [0.3, 0.4) is 0 Å². The van der Waals surface area contributed by atoms with Crippen molar-refractivity contribution in [1.82, 2.24) is 10.6 Å². The molecule has 2 aromatic carbocycles. The van der Waals surface area contributed by atoms with Crippen molar-refractivity contribution >= 4 is 5.96 Å². The van der Waals surface area contributed by atoms with Gasteiger partial charge in [-0.15, -0.1) is 0 Å². The first-order valence-corrected chi connectivity index (χ1v) is 10.7. The molecule has 3 rings (SSSR count). The van der Waals surface area contributed by atoms with Crippen molar-refractivity contribution in [1.29, 1.82) is 0 Å². The second-order valence-corrected chi connectivity index (χ2v) is 7.61. The summed E-state index contributed by atoms with van der Waals surface area (Å²) in [4.78, 5) is 4.29. The topological polar surface area (TPSA) is 64.1 Å². The maximum absolute atomic E-state index is 13.8. The third-order valence-corrected chi connectivity index (χ3v) is 5.41. The molecule has 7 heteroatoms. The SMILES string of the molecule is CN=C(NCc1ccc(F)c(COC)c1)NCc1cccc(OC)c1OC1CCCC1. The number of benzene rings is 2. The molecule has 0 amide bonds. The quantitative estimate of drug-likeness (QED) is 0.463. The molecule has 1 aliphatic carbocycles. The van der Waals surface area contributed by atoms with Crippen LogP contribution in [0.4, 0.5) is 4.39 Å². The number of halogens is 1. The molecule has 0 spiro atoms. The molecule has 6 nitrogen and oxygen atoms in total. The van der Waals surface area contributed by atoms with Gasteiger partial charge in [0.25, 0.3) is 0 Å². The van der Waals surface area contributed by atoms with Gasteiger partial charge in [0.2, 0.25) is 0 Å². The van der Waals surface area contributed by atoms with E-state index in [4.69, 9.17) is 14.2 Å². The lowest BCUT2D eigenvalue weighted by Gasteiger charge is -2.20. The maximum Gasteiger partial charge on any atom is 0.191 e. The highest BCUT2D eigenvalue weighted by Crippen LogP contribution is 2.34. The van der Waals surface area contributed by atoms with Crippen LogP contribution in [0.1, 0.15) is 42.4 Å². The van der Waals surface area contributed by atoms with Gasteiger partial charge in [0.05, 0.1) is 19.8 Å². The molecule has 0 aliphatic heterocycles. The number of methoxy groups -OCH3 is 2. The summed E-state index contributed by atoms with van der Waals surface area (Å²) in [7, 11) is 4.94. The highest BCUT2D eigenvalue weighted by atomic mass is 19.1. The van der Waals surface area contributed by atoms with E-state index < -0.39 is 0 Å². The second kappa shape index (κ2) is 11.6. The molecule has 0 saturated heterocycles. The van der Waals surface area contributed by atoms with Crippen molar-refractivity contribution in [2.45, 2.75) is 51.5 Å². The van der Waals surface area contributed by atoms with Gasteiger partial charge in [0.1, 0.15) is 5.82 Å². The molecule has 1 fully saturated rings. The average Bonchev–Trinajstić information content (AvgIpc) is 3.30.